The summed E-state index contributed by atoms with van der Waals surface area (Å²) in [6, 6.07) is -0.316. The van der Waals surface area contributed by atoms with Crippen molar-refractivity contribution in [2.24, 2.45) is 16.8 Å². The fraction of sp³-hybridized carbons (Fsp3) is 0.897. The Hall–Kier alpha value is -2.42. The van der Waals surface area contributed by atoms with Gasteiger partial charge in [-0.2, -0.15) is 0 Å². The Morgan fingerprint density at radius 1 is 0.716 bits per heavy atom. The number of nitrogens with one attached hydrogen (secondary N) is 3. The molecule has 3 amide bonds. The van der Waals surface area contributed by atoms with Crippen LogP contribution >= 0.6 is 0 Å². The monoisotopic (exact) mass is 938 g/mol. The van der Waals surface area contributed by atoms with Crippen LogP contribution in [0.4, 0.5) is 0 Å². The molecule has 3 N–H and O–H groups in total. The van der Waals surface area contributed by atoms with Gasteiger partial charge in [-0.05, 0) is 83.5 Å². The summed E-state index contributed by atoms with van der Waals surface area (Å²) < 4.78 is 6.85. The van der Waals surface area contributed by atoms with Crippen molar-refractivity contribution in [3.63, 3.8) is 0 Å². The topological polar surface area (TPSA) is 112 Å². The Kier molecular flexibility index (Phi) is 32.1. The number of hydrogen-bond donors (Lipinski definition) is 3. The molecule has 0 aromatic carbocycles. The number of nitrogens with zero attached hydrogens (tertiary/aromatic N) is 2. The minimum atomic E-state index is -0.581. The first kappa shape index (κ1) is 58.9. The minimum absolute atomic E-state index is 0.0430. The zero-order valence-corrected chi connectivity index (χ0v) is 44.4. The van der Waals surface area contributed by atoms with E-state index < -0.39 is 5.72 Å². The fourth-order valence-corrected chi connectivity index (χ4v) is 11.1. The van der Waals surface area contributed by atoms with E-state index in [0.717, 1.165) is 95.8 Å². The molecule has 388 valence electrons. The molecule has 0 aromatic heterocycles. The van der Waals surface area contributed by atoms with Crippen LogP contribution in [0.5, 0.6) is 0 Å². The number of unbranched alkanes of at least 4 members (excludes halogenated alkanes) is 12. The highest BCUT2D eigenvalue weighted by Gasteiger charge is 2.31. The van der Waals surface area contributed by atoms with Crippen LogP contribution in [0, 0.1) is 11.8 Å². The molecule has 3 rings (SSSR count). The van der Waals surface area contributed by atoms with Crippen molar-refractivity contribution in [2.45, 2.75) is 295 Å². The third-order valence-corrected chi connectivity index (χ3v) is 15.7. The molecule has 67 heavy (non-hydrogen) atoms. The van der Waals surface area contributed by atoms with E-state index in [9.17, 15) is 14.4 Å². The molecule has 0 aromatic rings. The molecule has 0 saturated carbocycles. The third kappa shape index (κ3) is 27.0. The Balaban J connectivity index is 1.50. The number of aliphatic imine (C=N–C) groups is 1. The molecule has 3 aliphatic heterocycles. The first-order chi connectivity index (χ1) is 32.6. The smallest absolute Gasteiger partial charge is 0.223 e. The predicted octanol–water partition coefficient (Wildman–Crippen LogP) is 14.6. The Morgan fingerprint density at radius 2 is 1.25 bits per heavy atom. The highest BCUT2D eigenvalue weighted by Crippen LogP contribution is 2.31. The summed E-state index contributed by atoms with van der Waals surface area (Å²) in [5, 5.41) is 10.3. The van der Waals surface area contributed by atoms with Gasteiger partial charge in [0.1, 0.15) is 0 Å². The lowest BCUT2D eigenvalue weighted by atomic mass is 9.87. The van der Waals surface area contributed by atoms with Gasteiger partial charge in [-0.3, -0.25) is 19.4 Å². The molecule has 0 radical (unpaired) electrons. The molecule has 2 bridgehead atoms. The highest BCUT2D eigenvalue weighted by atomic mass is 16.5. The van der Waals surface area contributed by atoms with E-state index in [4.69, 9.17) is 9.73 Å². The number of hydrogen-bond acceptors (Lipinski definition) is 6. The van der Waals surface area contributed by atoms with Crippen molar-refractivity contribution >= 4 is 23.9 Å². The summed E-state index contributed by atoms with van der Waals surface area (Å²) in [6.45, 7) is 16.2. The molecule has 3 unspecified atom stereocenters. The molecule has 2 fully saturated rings. The van der Waals surface area contributed by atoms with Crippen molar-refractivity contribution in [2.75, 3.05) is 26.2 Å². The maximum Gasteiger partial charge on any atom is 0.223 e. The van der Waals surface area contributed by atoms with Gasteiger partial charge in [-0.1, -0.05) is 194 Å². The second-order valence-electron chi connectivity index (χ2n) is 22.0. The second kappa shape index (κ2) is 36.5. The van der Waals surface area contributed by atoms with Crippen LogP contribution in [0.25, 0.3) is 0 Å². The van der Waals surface area contributed by atoms with Crippen LogP contribution in [-0.2, 0) is 19.1 Å². The van der Waals surface area contributed by atoms with Crippen molar-refractivity contribution in [1.29, 1.82) is 0 Å². The number of fused-ring (bicyclic) bond motifs is 3. The van der Waals surface area contributed by atoms with Gasteiger partial charge in [0.2, 0.25) is 17.7 Å². The minimum Gasteiger partial charge on any atom is -0.382 e. The molecular formula is C58H107N5O4. The Labute approximate surface area is 413 Å². The molecule has 9 nitrogen and oxygen atoms in total. The second-order valence-corrected chi connectivity index (χ2v) is 22.0. The average molecular weight is 939 g/mol. The Bertz CT molecular complexity index is 1350. The normalized spacial score (nSPS) is 26.5. The van der Waals surface area contributed by atoms with E-state index in [2.05, 4.69) is 48.2 Å². The summed E-state index contributed by atoms with van der Waals surface area (Å²) in [4.78, 5) is 47.2. The maximum absolute atomic E-state index is 13.5. The average Bonchev–Trinajstić information content (AvgIpc) is 3.31. The molecule has 2 saturated heterocycles. The van der Waals surface area contributed by atoms with E-state index in [1.807, 2.05) is 13.1 Å². The van der Waals surface area contributed by atoms with Crippen molar-refractivity contribution in [3.8, 4) is 0 Å². The van der Waals surface area contributed by atoms with Gasteiger partial charge in [0, 0.05) is 55.9 Å². The van der Waals surface area contributed by atoms with E-state index in [-0.39, 0.29) is 29.3 Å². The number of piperidine rings is 1. The zero-order valence-electron chi connectivity index (χ0n) is 44.4. The van der Waals surface area contributed by atoms with Crippen LogP contribution < -0.4 is 16.0 Å². The van der Waals surface area contributed by atoms with Crippen LogP contribution in [-0.4, -0.2) is 72.4 Å². The van der Waals surface area contributed by atoms with E-state index in [1.165, 1.54) is 154 Å². The van der Waals surface area contributed by atoms with Crippen LogP contribution in [0.2, 0.25) is 0 Å². The lowest BCUT2D eigenvalue weighted by molar-refractivity contribution is -0.133. The SMILES string of the molecule is C=C1NC2(C)CCCCCCCCCCC(CCC)(OCCC3CCN(C(=O)CCCCCCCCCCCCCCC)CC3)/N=C/CNC(=O)CC[C@@H]1NC(=O)C(C)CCCCCCCC2. The first-order valence-corrected chi connectivity index (χ1v) is 29.1. The summed E-state index contributed by atoms with van der Waals surface area (Å²) in [7, 11) is 0. The van der Waals surface area contributed by atoms with Crippen molar-refractivity contribution in [3.05, 3.63) is 12.3 Å². The van der Waals surface area contributed by atoms with Gasteiger partial charge in [0.25, 0.3) is 0 Å². The molecule has 3 heterocycles. The van der Waals surface area contributed by atoms with Gasteiger partial charge < -0.3 is 25.6 Å². The third-order valence-electron chi connectivity index (χ3n) is 15.7. The quantitative estimate of drug-likeness (QED) is 0.105. The Morgan fingerprint density at radius 3 is 1.84 bits per heavy atom. The molecule has 3 aliphatic rings. The molecule has 0 aliphatic carbocycles. The van der Waals surface area contributed by atoms with Gasteiger partial charge >= 0.3 is 0 Å². The fourth-order valence-electron chi connectivity index (χ4n) is 11.1. The predicted molar refractivity (Wildman–Crippen MR) is 283 cm³/mol. The highest BCUT2D eigenvalue weighted by molar-refractivity contribution is 5.80. The van der Waals surface area contributed by atoms with E-state index in [0.29, 0.717) is 44.2 Å². The largest absolute Gasteiger partial charge is 0.382 e. The van der Waals surface area contributed by atoms with Crippen molar-refractivity contribution < 1.29 is 19.1 Å². The number of carbonyl (C=O) groups excluding carboxylic acids is 3. The summed E-state index contributed by atoms with van der Waals surface area (Å²) in [5.74, 6) is 0.862. The van der Waals surface area contributed by atoms with Gasteiger partial charge in [0.15, 0.2) is 5.72 Å². The number of ether oxygens (including phenoxy) is 1. The summed E-state index contributed by atoms with van der Waals surface area (Å²) in [5.41, 5.74) is 0.163. The zero-order chi connectivity index (χ0) is 48.3. The maximum atomic E-state index is 13.5. The lowest BCUT2D eigenvalue weighted by Gasteiger charge is -2.36. The van der Waals surface area contributed by atoms with Crippen LogP contribution in [0.3, 0.4) is 0 Å². The van der Waals surface area contributed by atoms with E-state index >= 15 is 0 Å². The molecule has 0 spiro atoms. The molecular weight excluding hydrogens is 831 g/mol. The standard InChI is InChI=1S/C58H107N5O4/c1-6-8-9-10-11-12-13-14-15-16-19-25-30-35-55(65)63-47-38-52(39-48-63)40-49-67-58(41-7-2)44-33-28-22-18-17-21-26-31-42-57(5)43-32-27-23-20-24-29-34-50(3)56(66)61-53(51(4)62-57)36-37-54(64)59-45-46-60-58/h46,50,52-53,62H,4,6-45,47-49H2,1-3,5H3,(H,59,64)(H,61,66)/b60-46+/t50?,53-,57?,58?/m0/s1. The van der Waals surface area contributed by atoms with Gasteiger partial charge in [-0.15, -0.1) is 0 Å². The number of amides is 3. The van der Waals surface area contributed by atoms with Crippen LogP contribution in [0.15, 0.2) is 17.3 Å². The van der Waals surface area contributed by atoms with E-state index in [1.54, 1.807) is 0 Å². The summed E-state index contributed by atoms with van der Waals surface area (Å²) >= 11 is 0. The van der Waals surface area contributed by atoms with Crippen molar-refractivity contribution in [1.82, 2.24) is 20.9 Å². The number of likely N-dealkylation sites (tertiary alicyclic amines) is 1. The first-order valence-electron chi connectivity index (χ1n) is 29.1. The van der Waals surface area contributed by atoms with Gasteiger partial charge in [0.05, 0.1) is 12.6 Å². The summed E-state index contributed by atoms with van der Waals surface area (Å²) in [6.07, 6.45) is 46.5. The van der Waals surface area contributed by atoms with Gasteiger partial charge in [-0.25, -0.2) is 0 Å². The molecule has 4 atom stereocenters. The van der Waals surface area contributed by atoms with Crippen LogP contribution in [0.1, 0.15) is 278 Å². The molecule has 9 heteroatoms. The lowest BCUT2D eigenvalue weighted by Crippen LogP contribution is -2.49. The number of carbonyl (C=O) groups is 3. The number of rotatable bonds is 20.